The number of hydrogen-bond acceptors (Lipinski definition) is 4. The number of benzene rings is 1. The minimum absolute atomic E-state index is 0.00480. The molecule has 1 aliphatic heterocycles. The van der Waals surface area contributed by atoms with E-state index in [0.717, 1.165) is 31.2 Å². The van der Waals surface area contributed by atoms with Gasteiger partial charge in [0.25, 0.3) is 0 Å². The summed E-state index contributed by atoms with van der Waals surface area (Å²) in [5.74, 6) is 1.36. The van der Waals surface area contributed by atoms with Crippen LogP contribution in [0.1, 0.15) is 70.3 Å². The number of hydrogen-bond donors (Lipinski definition) is 1. The summed E-state index contributed by atoms with van der Waals surface area (Å²) in [6.07, 6.45) is 9.07. The number of methoxy groups -OCH3 is 2. The van der Waals surface area contributed by atoms with Crippen LogP contribution in [0.4, 0.5) is 0 Å². The molecule has 0 radical (unpaired) electrons. The molecule has 0 unspecified atom stereocenters. The summed E-state index contributed by atoms with van der Waals surface area (Å²) in [6.45, 7) is 2.22. The van der Waals surface area contributed by atoms with Crippen molar-refractivity contribution in [1.82, 2.24) is 10.2 Å². The maximum absolute atomic E-state index is 13.3. The second kappa shape index (κ2) is 9.51. The highest BCUT2D eigenvalue weighted by molar-refractivity contribution is 5.94. The van der Waals surface area contributed by atoms with E-state index >= 15 is 0 Å². The van der Waals surface area contributed by atoms with Crippen molar-refractivity contribution in [2.75, 3.05) is 14.2 Å². The Morgan fingerprint density at radius 1 is 1.14 bits per heavy atom. The maximum atomic E-state index is 13.3. The SMILES string of the molecule is COc1ccc(OC)c(CN2C(=O)CC[C@@]2(C)C(=O)NC2CCCCCCC2)c1. The highest BCUT2D eigenvalue weighted by atomic mass is 16.5. The van der Waals surface area contributed by atoms with Gasteiger partial charge in [0, 0.05) is 18.0 Å². The summed E-state index contributed by atoms with van der Waals surface area (Å²) in [5, 5.41) is 3.27. The third-order valence-electron chi connectivity index (χ3n) is 6.47. The van der Waals surface area contributed by atoms with Crippen molar-refractivity contribution in [1.29, 1.82) is 0 Å². The zero-order valence-corrected chi connectivity index (χ0v) is 18.0. The average molecular weight is 403 g/mol. The monoisotopic (exact) mass is 402 g/mol. The first-order valence-corrected chi connectivity index (χ1v) is 10.8. The predicted molar refractivity (Wildman–Crippen MR) is 112 cm³/mol. The lowest BCUT2D eigenvalue weighted by atomic mass is 9.93. The van der Waals surface area contributed by atoms with Gasteiger partial charge in [0.2, 0.25) is 11.8 Å². The third-order valence-corrected chi connectivity index (χ3v) is 6.47. The molecule has 0 spiro atoms. The number of carbonyl (C=O) groups excluding carboxylic acids is 2. The van der Waals surface area contributed by atoms with Crippen molar-refractivity contribution >= 4 is 11.8 Å². The molecular formula is C23H34N2O4. The van der Waals surface area contributed by atoms with Gasteiger partial charge in [0.1, 0.15) is 17.0 Å². The molecule has 2 fully saturated rings. The van der Waals surface area contributed by atoms with Crippen molar-refractivity contribution in [3.8, 4) is 11.5 Å². The van der Waals surface area contributed by atoms with Gasteiger partial charge in [-0.05, 0) is 44.4 Å². The summed E-state index contributed by atoms with van der Waals surface area (Å²) in [6, 6.07) is 5.75. The van der Waals surface area contributed by atoms with E-state index < -0.39 is 5.54 Å². The van der Waals surface area contributed by atoms with Crippen molar-refractivity contribution in [3.05, 3.63) is 23.8 Å². The van der Waals surface area contributed by atoms with E-state index in [-0.39, 0.29) is 17.9 Å². The number of rotatable bonds is 6. The molecular weight excluding hydrogens is 368 g/mol. The predicted octanol–water partition coefficient (Wildman–Crippen LogP) is 3.81. The molecule has 1 aliphatic carbocycles. The van der Waals surface area contributed by atoms with Gasteiger partial charge < -0.3 is 19.7 Å². The molecule has 2 amide bonds. The molecule has 6 heteroatoms. The Balaban J connectivity index is 1.77. The molecule has 6 nitrogen and oxygen atoms in total. The molecule has 1 aromatic rings. The van der Waals surface area contributed by atoms with Crippen LogP contribution in [-0.2, 0) is 16.1 Å². The van der Waals surface area contributed by atoms with Crippen molar-refractivity contribution in [3.63, 3.8) is 0 Å². The topological polar surface area (TPSA) is 67.9 Å². The van der Waals surface area contributed by atoms with E-state index in [1.54, 1.807) is 19.1 Å². The fraction of sp³-hybridized carbons (Fsp3) is 0.652. The Labute approximate surface area is 173 Å². The van der Waals surface area contributed by atoms with Crippen molar-refractivity contribution < 1.29 is 19.1 Å². The van der Waals surface area contributed by atoms with Crippen LogP contribution in [0.2, 0.25) is 0 Å². The van der Waals surface area contributed by atoms with Crippen LogP contribution in [0.25, 0.3) is 0 Å². The molecule has 1 N–H and O–H groups in total. The molecule has 1 saturated carbocycles. The van der Waals surface area contributed by atoms with Crippen LogP contribution in [0.3, 0.4) is 0 Å². The Morgan fingerprint density at radius 2 is 1.83 bits per heavy atom. The summed E-state index contributed by atoms with van der Waals surface area (Å²) in [5.41, 5.74) is 0.000144. The lowest BCUT2D eigenvalue weighted by Gasteiger charge is -2.36. The quantitative estimate of drug-likeness (QED) is 0.786. The number of nitrogens with zero attached hydrogens (tertiary/aromatic N) is 1. The number of likely N-dealkylation sites (tertiary alicyclic amines) is 1. The molecule has 2 aliphatic rings. The van der Waals surface area contributed by atoms with Gasteiger partial charge in [-0.2, -0.15) is 0 Å². The average Bonchev–Trinajstić information content (AvgIpc) is 2.99. The second-order valence-corrected chi connectivity index (χ2v) is 8.45. The second-order valence-electron chi connectivity index (χ2n) is 8.45. The Bertz CT molecular complexity index is 728. The van der Waals surface area contributed by atoms with Crippen LogP contribution in [-0.4, -0.2) is 42.5 Å². The van der Waals surface area contributed by atoms with Crippen LogP contribution in [0.5, 0.6) is 11.5 Å². The Kier molecular flexibility index (Phi) is 7.04. The molecule has 1 aromatic carbocycles. The zero-order chi connectivity index (χ0) is 20.9. The highest BCUT2D eigenvalue weighted by Crippen LogP contribution is 2.35. The molecule has 1 heterocycles. The minimum Gasteiger partial charge on any atom is -0.497 e. The molecule has 29 heavy (non-hydrogen) atoms. The number of carbonyl (C=O) groups is 2. The summed E-state index contributed by atoms with van der Waals surface area (Å²) < 4.78 is 10.8. The van der Waals surface area contributed by atoms with Gasteiger partial charge in [0.05, 0.1) is 20.8 Å². The molecule has 0 bridgehead atoms. The lowest BCUT2D eigenvalue weighted by Crippen LogP contribution is -2.56. The normalized spacial score (nSPS) is 23.4. The van der Waals surface area contributed by atoms with Crippen molar-refractivity contribution in [2.24, 2.45) is 0 Å². The fourth-order valence-electron chi connectivity index (χ4n) is 4.51. The van der Waals surface area contributed by atoms with E-state index in [1.807, 2.05) is 25.1 Å². The van der Waals surface area contributed by atoms with Crippen LogP contribution in [0.15, 0.2) is 18.2 Å². The lowest BCUT2D eigenvalue weighted by molar-refractivity contribution is -0.141. The highest BCUT2D eigenvalue weighted by Gasteiger charge is 2.47. The molecule has 3 rings (SSSR count). The van der Waals surface area contributed by atoms with Gasteiger partial charge in [-0.25, -0.2) is 0 Å². The summed E-state index contributed by atoms with van der Waals surface area (Å²) >= 11 is 0. The molecule has 1 saturated heterocycles. The Hall–Kier alpha value is -2.24. The number of amides is 2. The van der Waals surface area contributed by atoms with Crippen LogP contribution in [0, 0.1) is 0 Å². The maximum Gasteiger partial charge on any atom is 0.245 e. The van der Waals surface area contributed by atoms with Gasteiger partial charge in [-0.1, -0.05) is 32.1 Å². The van der Waals surface area contributed by atoms with E-state index in [9.17, 15) is 9.59 Å². The van der Waals surface area contributed by atoms with E-state index in [4.69, 9.17) is 9.47 Å². The molecule has 1 atom stereocenters. The first-order chi connectivity index (χ1) is 14.0. The van der Waals surface area contributed by atoms with Crippen molar-refractivity contribution in [2.45, 2.75) is 82.8 Å². The third kappa shape index (κ3) is 4.85. The van der Waals surface area contributed by atoms with Gasteiger partial charge in [0.15, 0.2) is 0 Å². The van der Waals surface area contributed by atoms with E-state index in [2.05, 4.69) is 5.32 Å². The number of nitrogens with one attached hydrogen (secondary N) is 1. The zero-order valence-electron chi connectivity index (χ0n) is 18.0. The smallest absolute Gasteiger partial charge is 0.245 e. The van der Waals surface area contributed by atoms with Gasteiger partial charge >= 0.3 is 0 Å². The van der Waals surface area contributed by atoms with Crippen LogP contribution < -0.4 is 14.8 Å². The first kappa shape index (κ1) is 21.5. The number of ether oxygens (including phenoxy) is 2. The molecule has 160 valence electrons. The first-order valence-electron chi connectivity index (χ1n) is 10.8. The van der Waals surface area contributed by atoms with Gasteiger partial charge in [-0.3, -0.25) is 9.59 Å². The van der Waals surface area contributed by atoms with Gasteiger partial charge in [-0.15, -0.1) is 0 Å². The summed E-state index contributed by atoms with van der Waals surface area (Å²) in [4.78, 5) is 27.7. The van der Waals surface area contributed by atoms with E-state index in [0.29, 0.717) is 30.9 Å². The van der Waals surface area contributed by atoms with Crippen LogP contribution >= 0.6 is 0 Å². The Morgan fingerprint density at radius 3 is 2.48 bits per heavy atom. The largest absolute Gasteiger partial charge is 0.497 e. The molecule has 0 aromatic heterocycles. The minimum atomic E-state index is -0.840. The van der Waals surface area contributed by atoms with E-state index in [1.165, 1.54) is 19.3 Å². The summed E-state index contributed by atoms with van der Waals surface area (Å²) in [7, 11) is 3.22. The standard InChI is InChI=1S/C23H34N2O4/c1-23(22(27)24-18-9-7-5-4-6-8-10-18)14-13-21(26)25(23)16-17-15-19(28-2)11-12-20(17)29-3/h11-12,15,18H,4-10,13-14,16H2,1-3H3,(H,24,27)/t23-/m0/s1. The fourth-order valence-corrected chi connectivity index (χ4v) is 4.51.